The summed E-state index contributed by atoms with van der Waals surface area (Å²) in [5, 5.41) is 0.578. The molecule has 2 rings (SSSR count). The molecule has 0 aliphatic carbocycles. The molecule has 2 aromatic rings. The van der Waals surface area contributed by atoms with Gasteiger partial charge in [-0.3, -0.25) is 4.98 Å². The highest BCUT2D eigenvalue weighted by atomic mass is 35.5. The third-order valence-electron chi connectivity index (χ3n) is 2.32. The summed E-state index contributed by atoms with van der Waals surface area (Å²) in [6.07, 6.45) is 1.72. The number of pyridine rings is 1. The lowest BCUT2D eigenvalue weighted by Crippen LogP contribution is -2.13. The first-order chi connectivity index (χ1) is 8.09. The van der Waals surface area contributed by atoms with E-state index in [2.05, 4.69) is 15.0 Å². The number of aromatic nitrogens is 3. The third kappa shape index (κ3) is 2.36. The van der Waals surface area contributed by atoms with E-state index < -0.39 is 0 Å². The quantitative estimate of drug-likeness (QED) is 0.819. The maximum atomic E-state index is 6.16. The second-order valence-electron chi connectivity index (χ2n) is 3.88. The number of nitrogens with zero attached hydrogens (tertiary/aromatic N) is 4. The smallest absolute Gasteiger partial charge is 0.180 e. The monoisotopic (exact) mass is 248 g/mol. The molecule has 0 aliphatic heterocycles. The number of anilines is 1. The minimum Gasteiger partial charge on any atom is -0.361 e. The third-order valence-corrected chi connectivity index (χ3v) is 2.76. The average molecular weight is 249 g/mol. The standard InChI is InChI=1S/C12H13ClN4/c1-8-10(13)12(17(2)3)16-11(15-8)9-6-4-5-7-14-9/h4-7H,1-3H3. The van der Waals surface area contributed by atoms with E-state index in [1.165, 1.54) is 0 Å². The molecule has 0 spiro atoms. The second-order valence-corrected chi connectivity index (χ2v) is 4.26. The highest BCUT2D eigenvalue weighted by Crippen LogP contribution is 2.26. The van der Waals surface area contributed by atoms with Gasteiger partial charge < -0.3 is 4.90 Å². The first-order valence-corrected chi connectivity index (χ1v) is 5.60. The van der Waals surface area contributed by atoms with E-state index in [1.54, 1.807) is 6.20 Å². The first kappa shape index (κ1) is 11.8. The maximum absolute atomic E-state index is 6.16. The molecule has 0 radical (unpaired) electrons. The predicted octanol–water partition coefficient (Wildman–Crippen LogP) is 2.57. The molecule has 0 bridgehead atoms. The zero-order chi connectivity index (χ0) is 12.4. The van der Waals surface area contributed by atoms with E-state index in [9.17, 15) is 0 Å². The Bertz CT molecular complexity index is 526. The highest BCUT2D eigenvalue weighted by molar-refractivity contribution is 6.33. The molecule has 17 heavy (non-hydrogen) atoms. The van der Waals surface area contributed by atoms with Gasteiger partial charge in [0.25, 0.3) is 0 Å². The van der Waals surface area contributed by atoms with Crippen LogP contribution in [-0.2, 0) is 0 Å². The van der Waals surface area contributed by atoms with E-state index in [0.29, 0.717) is 16.7 Å². The van der Waals surface area contributed by atoms with Crippen molar-refractivity contribution in [3.8, 4) is 11.5 Å². The summed E-state index contributed by atoms with van der Waals surface area (Å²) in [6.45, 7) is 1.86. The van der Waals surface area contributed by atoms with E-state index >= 15 is 0 Å². The molecule has 0 atom stereocenters. The van der Waals surface area contributed by atoms with Gasteiger partial charge in [0.1, 0.15) is 10.7 Å². The lowest BCUT2D eigenvalue weighted by molar-refractivity contribution is 1.01. The van der Waals surface area contributed by atoms with Gasteiger partial charge in [0, 0.05) is 20.3 Å². The fourth-order valence-electron chi connectivity index (χ4n) is 1.45. The molecule has 0 unspecified atom stereocenters. The van der Waals surface area contributed by atoms with Crippen LogP contribution in [0.25, 0.3) is 11.5 Å². The Labute approximate surface area is 105 Å². The van der Waals surface area contributed by atoms with E-state index in [1.807, 2.05) is 44.1 Å². The molecular weight excluding hydrogens is 236 g/mol. The van der Waals surface area contributed by atoms with Gasteiger partial charge in [-0.2, -0.15) is 0 Å². The highest BCUT2D eigenvalue weighted by Gasteiger charge is 2.12. The van der Waals surface area contributed by atoms with Crippen molar-refractivity contribution < 1.29 is 0 Å². The van der Waals surface area contributed by atoms with Gasteiger partial charge in [0.05, 0.1) is 5.69 Å². The lowest BCUT2D eigenvalue weighted by atomic mass is 10.3. The first-order valence-electron chi connectivity index (χ1n) is 5.22. The van der Waals surface area contributed by atoms with Crippen molar-refractivity contribution in [1.82, 2.24) is 15.0 Å². The summed E-state index contributed by atoms with van der Waals surface area (Å²) in [7, 11) is 3.80. The number of hydrogen-bond acceptors (Lipinski definition) is 4. The Kier molecular flexibility index (Phi) is 3.24. The van der Waals surface area contributed by atoms with Crippen molar-refractivity contribution in [2.45, 2.75) is 6.92 Å². The van der Waals surface area contributed by atoms with E-state index in [4.69, 9.17) is 11.6 Å². The Morgan fingerprint density at radius 1 is 1.18 bits per heavy atom. The van der Waals surface area contributed by atoms with E-state index in [0.717, 1.165) is 11.4 Å². The molecule has 0 saturated heterocycles. The van der Waals surface area contributed by atoms with Crippen molar-refractivity contribution in [3.05, 3.63) is 35.1 Å². The molecule has 0 N–H and O–H groups in total. The van der Waals surface area contributed by atoms with Crippen LogP contribution >= 0.6 is 11.6 Å². The summed E-state index contributed by atoms with van der Waals surface area (Å²) < 4.78 is 0. The SMILES string of the molecule is Cc1nc(-c2ccccn2)nc(N(C)C)c1Cl. The van der Waals surface area contributed by atoms with Crippen molar-refractivity contribution >= 4 is 17.4 Å². The van der Waals surface area contributed by atoms with Gasteiger partial charge in [-0.1, -0.05) is 17.7 Å². The van der Waals surface area contributed by atoms with Crippen LogP contribution < -0.4 is 4.90 Å². The lowest BCUT2D eigenvalue weighted by Gasteiger charge is -2.15. The van der Waals surface area contributed by atoms with Gasteiger partial charge in [0.15, 0.2) is 11.6 Å². The number of halogens is 1. The Hall–Kier alpha value is -1.68. The number of aryl methyl sites for hydroxylation is 1. The molecular formula is C12H13ClN4. The molecule has 0 saturated carbocycles. The predicted molar refractivity (Wildman–Crippen MR) is 69.3 cm³/mol. The normalized spacial score (nSPS) is 10.4. The minimum absolute atomic E-state index is 0.578. The molecule has 0 aliphatic rings. The summed E-state index contributed by atoms with van der Waals surface area (Å²) in [5.74, 6) is 1.30. The zero-order valence-electron chi connectivity index (χ0n) is 9.98. The Morgan fingerprint density at radius 2 is 1.94 bits per heavy atom. The van der Waals surface area contributed by atoms with Crippen LogP contribution in [0.4, 0.5) is 5.82 Å². The van der Waals surface area contributed by atoms with Crippen molar-refractivity contribution in [2.75, 3.05) is 19.0 Å². The van der Waals surface area contributed by atoms with Crippen molar-refractivity contribution in [2.24, 2.45) is 0 Å². The Balaban J connectivity index is 2.57. The molecule has 2 aromatic heterocycles. The van der Waals surface area contributed by atoms with Gasteiger partial charge >= 0.3 is 0 Å². The van der Waals surface area contributed by atoms with E-state index in [-0.39, 0.29) is 0 Å². The molecule has 0 aromatic carbocycles. The van der Waals surface area contributed by atoms with Gasteiger partial charge in [-0.25, -0.2) is 9.97 Å². The molecule has 0 fully saturated rings. The van der Waals surface area contributed by atoms with Crippen LogP contribution in [0.15, 0.2) is 24.4 Å². The molecule has 2 heterocycles. The van der Waals surface area contributed by atoms with Crippen LogP contribution in [0.1, 0.15) is 5.69 Å². The zero-order valence-corrected chi connectivity index (χ0v) is 10.7. The van der Waals surface area contributed by atoms with Crippen LogP contribution in [0.3, 0.4) is 0 Å². The summed E-state index contributed by atoms with van der Waals surface area (Å²) in [4.78, 5) is 14.9. The van der Waals surface area contributed by atoms with Crippen molar-refractivity contribution in [1.29, 1.82) is 0 Å². The Morgan fingerprint density at radius 3 is 2.53 bits per heavy atom. The van der Waals surface area contributed by atoms with Crippen LogP contribution in [0, 0.1) is 6.92 Å². The summed E-state index contributed by atoms with van der Waals surface area (Å²) >= 11 is 6.16. The van der Waals surface area contributed by atoms with Gasteiger partial charge in [-0.15, -0.1) is 0 Å². The number of hydrogen-bond donors (Lipinski definition) is 0. The van der Waals surface area contributed by atoms with Crippen molar-refractivity contribution in [3.63, 3.8) is 0 Å². The maximum Gasteiger partial charge on any atom is 0.180 e. The fourth-order valence-corrected chi connectivity index (χ4v) is 1.70. The average Bonchev–Trinajstić information content (AvgIpc) is 2.33. The van der Waals surface area contributed by atoms with Crippen LogP contribution in [0.5, 0.6) is 0 Å². The topological polar surface area (TPSA) is 41.9 Å². The molecule has 88 valence electrons. The fraction of sp³-hybridized carbons (Fsp3) is 0.250. The second kappa shape index (κ2) is 4.67. The molecule has 4 nitrogen and oxygen atoms in total. The largest absolute Gasteiger partial charge is 0.361 e. The summed E-state index contributed by atoms with van der Waals surface area (Å²) in [5.41, 5.74) is 1.50. The van der Waals surface area contributed by atoms with Crippen LogP contribution in [-0.4, -0.2) is 29.0 Å². The molecule has 5 heteroatoms. The van der Waals surface area contributed by atoms with Crippen LogP contribution in [0.2, 0.25) is 5.02 Å². The minimum atomic E-state index is 0.578. The van der Waals surface area contributed by atoms with Gasteiger partial charge in [0.2, 0.25) is 0 Å². The molecule has 0 amide bonds. The number of rotatable bonds is 2. The summed E-state index contributed by atoms with van der Waals surface area (Å²) in [6, 6.07) is 5.65. The van der Waals surface area contributed by atoms with Gasteiger partial charge in [-0.05, 0) is 19.1 Å².